The van der Waals surface area contributed by atoms with Crippen LogP contribution in [0.15, 0.2) is 0 Å². The molecular formula is C8H16O3S. The molecule has 0 aliphatic carbocycles. The number of rotatable bonds is 5. The Morgan fingerprint density at radius 1 is 1.25 bits per heavy atom. The second-order valence-electron chi connectivity index (χ2n) is 3.34. The number of carbonyl (C=O) groups is 2. The van der Waals surface area contributed by atoms with Crippen LogP contribution in [0.5, 0.6) is 0 Å². The smallest absolute Gasteiger partial charge is 0.311 e. The first-order valence-electron chi connectivity index (χ1n) is 3.79. The van der Waals surface area contributed by atoms with Gasteiger partial charge in [-0.3, -0.25) is 9.59 Å². The molecule has 0 amide bonds. The van der Waals surface area contributed by atoms with Gasteiger partial charge in [0.05, 0.1) is 5.75 Å². The molecule has 0 unspecified atom stereocenters. The first kappa shape index (κ1) is 11.5. The fraction of sp³-hybridized carbons (Fsp3) is 0.750. The van der Waals surface area contributed by atoms with Crippen LogP contribution in [0.1, 0.15) is 13.3 Å². The van der Waals surface area contributed by atoms with Crippen molar-refractivity contribution in [3.05, 3.63) is 0 Å². The number of carbonyl (C=O) groups excluding carboxylic acids is 1. The summed E-state index contributed by atoms with van der Waals surface area (Å²) in [5.74, 6) is -0.0655. The summed E-state index contributed by atoms with van der Waals surface area (Å²) < 4.78 is 0. The van der Waals surface area contributed by atoms with Crippen molar-refractivity contribution in [1.29, 1.82) is 0 Å². The third-order valence-electron chi connectivity index (χ3n) is 1.46. The molecule has 12 heavy (non-hydrogen) atoms. The summed E-state index contributed by atoms with van der Waals surface area (Å²) in [6.45, 7) is 1.80. The average molecular weight is 192 g/mol. The molecule has 0 aliphatic heterocycles. The lowest BCUT2D eigenvalue weighted by molar-refractivity contribution is -0.133. The lowest BCUT2D eigenvalue weighted by Crippen LogP contribution is -2.18. The molecule has 0 radical (unpaired) electrons. The molecule has 0 aromatic heterocycles. The van der Waals surface area contributed by atoms with Gasteiger partial charge in [0, 0.05) is 12.2 Å². The van der Waals surface area contributed by atoms with Crippen LogP contribution in [0.25, 0.3) is 0 Å². The van der Waals surface area contributed by atoms with Crippen LogP contribution in [-0.2, 0) is 9.59 Å². The Morgan fingerprint density at radius 2 is 1.75 bits per heavy atom. The number of hydrogen-bond donors (Lipinski definition) is 1. The van der Waals surface area contributed by atoms with E-state index in [1.807, 2.05) is 12.5 Å². The quantitative estimate of drug-likeness (QED) is 0.710. The summed E-state index contributed by atoms with van der Waals surface area (Å²) >= 11 is 0. The Bertz CT molecular complexity index is 187. The highest BCUT2D eigenvalue weighted by Crippen LogP contribution is 2.39. The van der Waals surface area contributed by atoms with E-state index in [4.69, 9.17) is 5.11 Å². The third kappa shape index (κ3) is 5.18. The Balaban J connectivity index is 4.03. The zero-order valence-corrected chi connectivity index (χ0v) is 8.61. The van der Waals surface area contributed by atoms with E-state index in [1.54, 1.807) is 6.92 Å². The van der Waals surface area contributed by atoms with Gasteiger partial charge in [0.2, 0.25) is 0 Å². The van der Waals surface area contributed by atoms with Crippen molar-refractivity contribution < 1.29 is 14.7 Å². The molecule has 0 bridgehead atoms. The number of ketones is 1. The third-order valence-corrected chi connectivity index (χ3v) is 3.59. The normalized spacial score (nSPS) is 12.6. The van der Waals surface area contributed by atoms with E-state index in [-0.39, 0.29) is 11.5 Å². The van der Waals surface area contributed by atoms with Crippen molar-refractivity contribution in [3.8, 4) is 0 Å². The van der Waals surface area contributed by atoms with Crippen LogP contribution in [-0.4, -0.2) is 40.9 Å². The van der Waals surface area contributed by atoms with Crippen LogP contribution in [0.2, 0.25) is 0 Å². The second-order valence-corrected chi connectivity index (χ2v) is 7.45. The lowest BCUT2D eigenvalue weighted by Gasteiger charge is -2.27. The Hall–Kier alpha value is -0.510. The van der Waals surface area contributed by atoms with Crippen LogP contribution in [0.3, 0.4) is 0 Å². The van der Waals surface area contributed by atoms with Crippen molar-refractivity contribution in [2.75, 3.05) is 24.0 Å². The SMILES string of the molecule is CCC(=O)CS(C)(C)CC(=O)O. The topological polar surface area (TPSA) is 54.4 Å². The van der Waals surface area contributed by atoms with Crippen molar-refractivity contribution in [2.45, 2.75) is 13.3 Å². The fourth-order valence-electron chi connectivity index (χ4n) is 0.923. The fourth-order valence-corrected chi connectivity index (χ4v) is 2.77. The highest BCUT2D eigenvalue weighted by atomic mass is 32.3. The summed E-state index contributed by atoms with van der Waals surface area (Å²) in [5.41, 5.74) is 0. The van der Waals surface area contributed by atoms with Gasteiger partial charge in [0.25, 0.3) is 0 Å². The first-order valence-corrected chi connectivity index (χ1v) is 6.58. The monoisotopic (exact) mass is 192 g/mol. The van der Waals surface area contributed by atoms with Crippen molar-refractivity contribution >= 4 is 21.8 Å². The molecule has 4 heteroatoms. The summed E-state index contributed by atoms with van der Waals surface area (Å²) in [5, 5.41) is 8.54. The summed E-state index contributed by atoms with van der Waals surface area (Å²) in [4.78, 5) is 21.4. The van der Waals surface area contributed by atoms with Gasteiger partial charge >= 0.3 is 5.97 Å². The van der Waals surface area contributed by atoms with Crippen molar-refractivity contribution in [2.24, 2.45) is 0 Å². The van der Waals surface area contributed by atoms with E-state index >= 15 is 0 Å². The van der Waals surface area contributed by atoms with Gasteiger partial charge < -0.3 is 5.11 Å². The largest absolute Gasteiger partial charge is 0.481 e. The van der Waals surface area contributed by atoms with Crippen molar-refractivity contribution in [1.82, 2.24) is 0 Å². The molecule has 0 aromatic rings. The molecule has 0 spiro atoms. The highest BCUT2D eigenvalue weighted by molar-refractivity contribution is 8.33. The Kier molecular flexibility index (Phi) is 4.31. The summed E-state index contributed by atoms with van der Waals surface area (Å²) in [6.07, 6.45) is 4.28. The number of hydrogen-bond acceptors (Lipinski definition) is 2. The highest BCUT2D eigenvalue weighted by Gasteiger charge is 2.18. The molecule has 1 N–H and O–H groups in total. The van der Waals surface area contributed by atoms with Gasteiger partial charge in [-0.2, -0.15) is 0 Å². The zero-order chi connectivity index (χ0) is 9.78. The molecule has 0 aliphatic rings. The zero-order valence-electron chi connectivity index (χ0n) is 7.79. The van der Waals surface area contributed by atoms with Gasteiger partial charge in [0.15, 0.2) is 0 Å². The Labute approximate surface area is 74.5 Å². The number of carboxylic acid groups (broad SMARTS) is 1. The minimum Gasteiger partial charge on any atom is -0.481 e. The first-order chi connectivity index (χ1) is 5.37. The van der Waals surface area contributed by atoms with Gasteiger partial charge in [-0.05, 0) is 12.5 Å². The Morgan fingerprint density at radius 3 is 2.08 bits per heavy atom. The van der Waals surface area contributed by atoms with E-state index in [0.717, 1.165) is 0 Å². The molecule has 0 rings (SSSR count). The molecule has 0 aromatic carbocycles. The van der Waals surface area contributed by atoms with E-state index in [0.29, 0.717) is 12.2 Å². The average Bonchev–Trinajstić information content (AvgIpc) is 1.83. The minimum absolute atomic E-state index is 0.138. The molecule has 3 nitrogen and oxygen atoms in total. The van der Waals surface area contributed by atoms with Crippen LogP contribution in [0, 0.1) is 0 Å². The molecule has 0 saturated heterocycles. The minimum atomic E-state index is -1.24. The van der Waals surface area contributed by atoms with E-state index in [2.05, 4.69) is 0 Å². The standard InChI is InChI=1S/C8H16O3S/c1-4-7(9)5-12(2,3)6-8(10)11/h4-6H2,1-3H3,(H,10,11). The van der Waals surface area contributed by atoms with E-state index in [9.17, 15) is 9.59 Å². The van der Waals surface area contributed by atoms with Crippen LogP contribution >= 0.6 is 10.0 Å². The lowest BCUT2D eigenvalue weighted by atomic mass is 10.4. The molecule has 0 fully saturated rings. The molecule has 0 heterocycles. The van der Waals surface area contributed by atoms with E-state index < -0.39 is 16.0 Å². The maximum atomic E-state index is 11.0. The molecule has 72 valence electrons. The van der Waals surface area contributed by atoms with Crippen molar-refractivity contribution in [3.63, 3.8) is 0 Å². The summed E-state index contributed by atoms with van der Waals surface area (Å²) in [7, 11) is -1.24. The molecule has 0 atom stereocenters. The summed E-state index contributed by atoms with van der Waals surface area (Å²) in [6, 6.07) is 0. The maximum absolute atomic E-state index is 11.0. The van der Waals surface area contributed by atoms with Gasteiger partial charge in [-0.15, -0.1) is 0 Å². The van der Waals surface area contributed by atoms with E-state index in [1.165, 1.54) is 0 Å². The van der Waals surface area contributed by atoms with Gasteiger partial charge in [-0.25, -0.2) is 10.0 Å². The second kappa shape index (κ2) is 4.50. The number of Topliss-reactive ketones (excluding diaryl/α,β-unsaturated/α-hetero) is 1. The number of aliphatic carboxylic acids is 1. The predicted molar refractivity (Wildman–Crippen MR) is 52.1 cm³/mol. The van der Waals surface area contributed by atoms with Crippen LogP contribution < -0.4 is 0 Å². The van der Waals surface area contributed by atoms with Gasteiger partial charge in [0.1, 0.15) is 5.78 Å². The predicted octanol–water partition coefficient (Wildman–Crippen LogP) is 1.11. The van der Waals surface area contributed by atoms with Crippen LogP contribution in [0.4, 0.5) is 0 Å². The molecular weight excluding hydrogens is 176 g/mol. The maximum Gasteiger partial charge on any atom is 0.311 e. The van der Waals surface area contributed by atoms with Gasteiger partial charge in [-0.1, -0.05) is 6.92 Å². The number of carboxylic acids is 1. The molecule has 0 saturated carbocycles.